The molecule has 0 heterocycles. The minimum atomic E-state index is -3.95. The summed E-state index contributed by atoms with van der Waals surface area (Å²) in [5, 5.41) is 3.27. The number of rotatable bonds is 7. The Morgan fingerprint density at radius 2 is 1.68 bits per heavy atom. The molecule has 0 bridgehead atoms. The monoisotopic (exact) mass is 422 g/mol. The van der Waals surface area contributed by atoms with Crippen LogP contribution in [-0.4, -0.2) is 26.9 Å². The van der Waals surface area contributed by atoms with Crippen molar-refractivity contribution in [2.24, 2.45) is 5.92 Å². The Morgan fingerprint density at radius 3 is 2.25 bits per heavy atom. The Hall–Kier alpha value is -2.05. The van der Waals surface area contributed by atoms with Gasteiger partial charge in [-0.15, -0.1) is 0 Å². The zero-order chi connectivity index (χ0) is 21.1. The Morgan fingerprint density at radius 1 is 1.07 bits per heavy atom. The Labute approximate surface area is 172 Å². The van der Waals surface area contributed by atoms with Crippen LogP contribution in [0.4, 0.5) is 5.69 Å². The highest BCUT2D eigenvalue weighted by atomic mass is 35.5. The molecule has 0 spiro atoms. The number of sulfonamides is 1. The van der Waals surface area contributed by atoms with Gasteiger partial charge in [-0.2, -0.15) is 0 Å². The number of nitrogens with one attached hydrogen (secondary N) is 1. The standard InChI is InChI=1S/C21H27ClN2O3S/c1-14(2)17(5)23-21(25)13-24(20-12-18(22)9-8-16(20)4)28(26,27)19-10-6-15(3)7-11-19/h6-12,14,17H,13H2,1-5H3,(H,23,25)/t17-/m0/s1. The topological polar surface area (TPSA) is 66.5 Å². The van der Waals surface area contributed by atoms with Crippen LogP contribution in [0.15, 0.2) is 47.4 Å². The SMILES string of the molecule is Cc1ccc(S(=O)(=O)N(CC(=O)N[C@@H](C)C(C)C)c2cc(Cl)ccc2C)cc1. The number of carbonyl (C=O) groups excluding carboxylic acids is 1. The molecular formula is C21H27ClN2O3S. The summed E-state index contributed by atoms with van der Waals surface area (Å²) in [6.07, 6.45) is 0. The molecule has 0 aliphatic carbocycles. The van der Waals surface area contributed by atoms with Crippen LogP contribution in [0, 0.1) is 19.8 Å². The Kier molecular flexibility index (Phi) is 7.12. The van der Waals surface area contributed by atoms with E-state index in [2.05, 4.69) is 5.32 Å². The molecule has 2 aromatic rings. The zero-order valence-electron chi connectivity index (χ0n) is 16.9. The van der Waals surface area contributed by atoms with Crippen molar-refractivity contribution >= 4 is 33.2 Å². The van der Waals surface area contributed by atoms with Gasteiger partial charge < -0.3 is 5.32 Å². The molecule has 1 atom stereocenters. The van der Waals surface area contributed by atoms with E-state index in [0.29, 0.717) is 16.3 Å². The van der Waals surface area contributed by atoms with E-state index in [-0.39, 0.29) is 29.3 Å². The van der Waals surface area contributed by atoms with Crippen LogP contribution in [0.2, 0.25) is 5.02 Å². The van der Waals surface area contributed by atoms with Gasteiger partial charge in [0.1, 0.15) is 6.54 Å². The largest absolute Gasteiger partial charge is 0.352 e. The number of anilines is 1. The van der Waals surface area contributed by atoms with Crippen LogP contribution >= 0.6 is 11.6 Å². The van der Waals surface area contributed by atoms with Crippen LogP contribution in [-0.2, 0) is 14.8 Å². The first-order valence-corrected chi connectivity index (χ1v) is 11.0. The van der Waals surface area contributed by atoms with Gasteiger partial charge in [0, 0.05) is 11.1 Å². The minimum Gasteiger partial charge on any atom is -0.352 e. The van der Waals surface area contributed by atoms with E-state index >= 15 is 0 Å². The zero-order valence-corrected chi connectivity index (χ0v) is 18.4. The molecule has 0 radical (unpaired) electrons. The number of halogens is 1. The summed E-state index contributed by atoms with van der Waals surface area (Å²) in [5.74, 6) is -0.129. The summed E-state index contributed by atoms with van der Waals surface area (Å²) in [4.78, 5) is 12.7. The van der Waals surface area contributed by atoms with Crippen molar-refractivity contribution in [3.05, 3.63) is 58.6 Å². The molecule has 0 aliphatic heterocycles. The maximum atomic E-state index is 13.4. The molecule has 7 heteroatoms. The highest BCUT2D eigenvalue weighted by Gasteiger charge is 2.29. The van der Waals surface area contributed by atoms with Crippen LogP contribution in [0.5, 0.6) is 0 Å². The van der Waals surface area contributed by atoms with Crippen LogP contribution in [0.1, 0.15) is 31.9 Å². The van der Waals surface area contributed by atoms with E-state index in [1.54, 1.807) is 49.4 Å². The average Bonchev–Trinajstić information content (AvgIpc) is 2.62. The van der Waals surface area contributed by atoms with E-state index in [1.807, 2.05) is 27.7 Å². The van der Waals surface area contributed by atoms with Gasteiger partial charge in [0.2, 0.25) is 5.91 Å². The molecule has 0 aromatic heterocycles. The third kappa shape index (κ3) is 5.26. The van der Waals surface area contributed by atoms with Gasteiger partial charge >= 0.3 is 0 Å². The predicted molar refractivity (Wildman–Crippen MR) is 114 cm³/mol. The molecule has 0 saturated carbocycles. The van der Waals surface area contributed by atoms with Gasteiger partial charge in [-0.05, 0) is 56.5 Å². The maximum absolute atomic E-state index is 13.4. The molecule has 2 rings (SSSR count). The van der Waals surface area contributed by atoms with Gasteiger partial charge in [-0.1, -0.05) is 49.2 Å². The normalized spacial score (nSPS) is 12.7. The fourth-order valence-electron chi connectivity index (χ4n) is 2.59. The Balaban J connectivity index is 2.48. The van der Waals surface area contributed by atoms with E-state index in [4.69, 9.17) is 11.6 Å². The number of hydrogen-bond donors (Lipinski definition) is 1. The summed E-state index contributed by atoms with van der Waals surface area (Å²) in [6.45, 7) is 9.23. The van der Waals surface area contributed by atoms with Crippen molar-refractivity contribution in [2.45, 2.75) is 45.6 Å². The minimum absolute atomic E-state index is 0.0723. The molecule has 2 aromatic carbocycles. The number of amides is 1. The predicted octanol–water partition coefficient (Wildman–Crippen LogP) is 4.31. The molecule has 28 heavy (non-hydrogen) atoms. The fourth-order valence-corrected chi connectivity index (χ4v) is 4.23. The second-order valence-corrected chi connectivity index (χ2v) is 9.65. The third-order valence-electron chi connectivity index (χ3n) is 4.72. The lowest BCUT2D eigenvalue weighted by Crippen LogP contribution is -2.45. The quantitative estimate of drug-likeness (QED) is 0.722. The van der Waals surface area contributed by atoms with Gasteiger partial charge in [0.15, 0.2) is 0 Å². The van der Waals surface area contributed by atoms with Gasteiger partial charge in [-0.3, -0.25) is 9.10 Å². The molecule has 0 fully saturated rings. The summed E-state index contributed by atoms with van der Waals surface area (Å²) in [6, 6.07) is 11.5. The van der Waals surface area contributed by atoms with Crippen molar-refractivity contribution < 1.29 is 13.2 Å². The first-order chi connectivity index (χ1) is 13.0. The van der Waals surface area contributed by atoms with E-state index in [1.165, 1.54) is 0 Å². The van der Waals surface area contributed by atoms with Crippen LogP contribution in [0.3, 0.4) is 0 Å². The van der Waals surface area contributed by atoms with Crippen molar-refractivity contribution in [1.29, 1.82) is 0 Å². The summed E-state index contributed by atoms with van der Waals surface area (Å²) in [7, 11) is -3.95. The molecule has 0 unspecified atom stereocenters. The summed E-state index contributed by atoms with van der Waals surface area (Å²) in [5.41, 5.74) is 2.05. The van der Waals surface area contributed by atoms with E-state index < -0.39 is 10.0 Å². The van der Waals surface area contributed by atoms with Crippen molar-refractivity contribution in [1.82, 2.24) is 5.32 Å². The Bertz CT molecular complexity index is 941. The van der Waals surface area contributed by atoms with Crippen molar-refractivity contribution in [3.63, 3.8) is 0 Å². The second kappa shape index (κ2) is 8.97. The van der Waals surface area contributed by atoms with E-state index in [0.717, 1.165) is 9.87 Å². The molecule has 0 aliphatic rings. The summed E-state index contributed by atoms with van der Waals surface area (Å²) >= 11 is 6.12. The number of carbonyl (C=O) groups is 1. The molecule has 152 valence electrons. The highest BCUT2D eigenvalue weighted by Crippen LogP contribution is 2.29. The third-order valence-corrected chi connectivity index (χ3v) is 6.73. The maximum Gasteiger partial charge on any atom is 0.264 e. The first kappa shape index (κ1) is 22.2. The number of nitrogens with zero attached hydrogens (tertiary/aromatic N) is 1. The molecule has 1 amide bonds. The van der Waals surface area contributed by atoms with E-state index in [9.17, 15) is 13.2 Å². The molecule has 5 nitrogen and oxygen atoms in total. The van der Waals surface area contributed by atoms with Gasteiger partial charge in [0.05, 0.1) is 10.6 Å². The second-order valence-electron chi connectivity index (χ2n) is 7.36. The van der Waals surface area contributed by atoms with Crippen LogP contribution in [0.25, 0.3) is 0 Å². The molecule has 1 N–H and O–H groups in total. The highest BCUT2D eigenvalue weighted by molar-refractivity contribution is 7.92. The number of aryl methyl sites for hydroxylation is 2. The average molecular weight is 423 g/mol. The lowest BCUT2D eigenvalue weighted by molar-refractivity contribution is -0.120. The van der Waals surface area contributed by atoms with Crippen molar-refractivity contribution in [2.75, 3.05) is 10.8 Å². The number of benzene rings is 2. The molecular weight excluding hydrogens is 396 g/mol. The van der Waals surface area contributed by atoms with Crippen molar-refractivity contribution in [3.8, 4) is 0 Å². The smallest absolute Gasteiger partial charge is 0.264 e. The van der Waals surface area contributed by atoms with Crippen LogP contribution < -0.4 is 9.62 Å². The number of hydrogen-bond acceptors (Lipinski definition) is 3. The summed E-state index contributed by atoms with van der Waals surface area (Å²) < 4.78 is 27.9. The molecule has 0 saturated heterocycles. The van der Waals surface area contributed by atoms with Gasteiger partial charge in [-0.25, -0.2) is 8.42 Å². The fraction of sp³-hybridized carbons (Fsp3) is 0.381. The first-order valence-electron chi connectivity index (χ1n) is 9.17. The lowest BCUT2D eigenvalue weighted by atomic mass is 10.1. The van der Waals surface area contributed by atoms with Gasteiger partial charge in [0.25, 0.3) is 10.0 Å². The lowest BCUT2D eigenvalue weighted by Gasteiger charge is -2.27.